The third kappa shape index (κ3) is 6.73. The van der Waals surface area contributed by atoms with Crippen LogP contribution in [0.2, 0.25) is 0 Å². The van der Waals surface area contributed by atoms with Crippen molar-refractivity contribution in [1.82, 2.24) is 10.2 Å². The van der Waals surface area contributed by atoms with Crippen LogP contribution in [0.3, 0.4) is 0 Å². The molecule has 1 N–H and O–H groups in total. The molecule has 0 heterocycles. The zero-order valence-electron chi connectivity index (χ0n) is 23.5. The highest BCUT2D eigenvalue weighted by atomic mass is 32.2. The number of rotatable bonds is 11. The second kappa shape index (κ2) is 13.1. The first-order chi connectivity index (χ1) is 19.2. The summed E-state index contributed by atoms with van der Waals surface area (Å²) in [5, 5.41) is 3.15. The van der Waals surface area contributed by atoms with Crippen molar-refractivity contribution >= 4 is 27.5 Å². The van der Waals surface area contributed by atoms with E-state index in [9.17, 15) is 18.0 Å². The molecule has 40 heavy (non-hydrogen) atoms. The van der Waals surface area contributed by atoms with Crippen LogP contribution in [0.1, 0.15) is 55.7 Å². The molecule has 4 rings (SSSR count). The van der Waals surface area contributed by atoms with Crippen LogP contribution in [0.5, 0.6) is 0 Å². The average Bonchev–Trinajstić information content (AvgIpc) is 3.46. The van der Waals surface area contributed by atoms with Crippen molar-refractivity contribution < 1.29 is 18.0 Å². The highest BCUT2D eigenvalue weighted by Crippen LogP contribution is 2.28. The normalized spacial score (nSPS) is 14.5. The Morgan fingerprint density at radius 3 is 2.10 bits per heavy atom. The molecule has 3 aromatic carbocycles. The number of carbonyl (C=O) groups is 2. The Balaban J connectivity index is 1.72. The average molecular weight is 562 g/mol. The van der Waals surface area contributed by atoms with Crippen molar-refractivity contribution in [3.63, 3.8) is 0 Å². The predicted molar refractivity (Wildman–Crippen MR) is 158 cm³/mol. The minimum absolute atomic E-state index is 0.0996. The van der Waals surface area contributed by atoms with E-state index >= 15 is 0 Å². The van der Waals surface area contributed by atoms with E-state index in [0.29, 0.717) is 12.1 Å². The van der Waals surface area contributed by atoms with Gasteiger partial charge in [-0.25, -0.2) is 8.42 Å². The van der Waals surface area contributed by atoms with Crippen LogP contribution in [-0.4, -0.2) is 43.8 Å². The van der Waals surface area contributed by atoms with Gasteiger partial charge in [0.15, 0.2) is 0 Å². The van der Waals surface area contributed by atoms with Gasteiger partial charge >= 0.3 is 0 Å². The van der Waals surface area contributed by atoms with Gasteiger partial charge in [0.1, 0.15) is 12.6 Å². The van der Waals surface area contributed by atoms with Gasteiger partial charge in [0.05, 0.1) is 10.6 Å². The number of nitrogens with one attached hydrogen (secondary N) is 1. The molecule has 8 heteroatoms. The fourth-order valence-electron chi connectivity index (χ4n) is 5.33. The summed E-state index contributed by atoms with van der Waals surface area (Å²) in [6.45, 7) is 5.45. The summed E-state index contributed by atoms with van der Waals surface area (Å²) < 4.78 is 29.0. The Kier molecular flexibility index (Phi) is 9.63. The Hall–Kier alpha value is -3.65. The van der Waals surface area contributed by atoms with E-state index in [-0.39, 0.29) is 23.4 Å². The molecule has 0 aliphatic heterocycles. The number of sulfonamides is 1. The molecule has 0 saturated heterocycles. The summed E-state index contributed by atoms with van der Waals surface area (Å²) in [6.07, 6.45) is 4.44. The van der Waals surface area contributed by atoms with E-state index in [0.717, 1.165) is 42.4 Å². The topological polar surface area (TPSA) is 86.8 Å². The fraction of sp³-hybridized carbons (Fsp3) is 0.375. The lowest BCUT2D eigenvalue weighted by molar-refractivity contribution is -0.140. The van der Waals surface area contributed by atoms with E-state index in [1.807, 2.05) is 57.2 Å². The molecule has 2 amide bonds. The van der Waals surface area contributed by atoms with Crippen molar-refractivity contribution in [2.75, 3.05) is 10.8 Å². The number of hydrogen-bond acceptors (Lipinski definition) is 4. The molecule has 0 aromatic heterocycles. The van der Waals surface area contributed by atoms with Crippen molar-refractivity contribution in [1.29, 1.82) is 0 Å². The number of hydrogen-bond donors (Lipinski definition) is 1. The summed E-state index contributed by atoms with van der Waals surface area (Å²) in [6, 6.07) is 22.4. The van der Waals surface area contributed by atoms with Crippen LogP contribution in [0, 0.1) is 13.8 Å². The number of aryl methyl sites for hydroxylation is 2. The smallest absolute Gasteiger partial charge is 0.264 e. The van der Waals surface area contributed by atoms with Crippen molar-refractivity contribution in [2.45, 2.75) is 76.4 Å². The van der Waals surface area contributed by atoms with Gasteiger partial charge in [-0.05, 0) is 68.0 Å². The zero-order valence-corrected chi connectivity index (χ0v) is 24.4. The van der Waals surface area contributed by atoms with Crippen molar-refractivity contribution in [2.24, 2.45) is 0 Å². The molecule has 3 aromatic rings. The number of amides is 2. The standard InChI is InChI=1S/C32H39N3O4S/c1-4-29(32(37)33-27-17-11-12-18-27)34(22-26-16-10-8-14-24(26)2)31(36)23-35(30-21-13-9-15-25(30)3)40(38,39)28-19-6-5-7-20-28/h5-10,13-16,19-21,27,29H,4,11-12,17-18,22-23H2,1-3H3,(H,33,37)/t29-/m0/s1. The second-order valence-electron chi connectivity index (χ2n) is 10.5. The van der Waals surface area contributed by atoms with Crippen molar-refractivity contribution in [3.8, 4) is 0 Å². The molecule has 0 spiro atoms. The number of carbonyl (C=O) groups excluding carboxylic acids is 2. The Morgan fingerprint density at radius 2 is 1.48 bits per heavy atom. The van der Waals surface area contributed by atoms with Gasteiger partial charge in [-0.1, -0.05) is 80.4 Å². The molecule has 0 bridgehead atoms. The van der Waals surface area contributed by atoms with Gasteiger partial charge in [0.25, 0.3) is 10.0 Å². The summed E-state index contributed by atoms with van der Waals surface area (Å²) in [4.78, 5) is 29.4. The summed E-state index contributed by atoms with van der Waals surface area (Å²) in [7, 11) is -4.07. The predicted octanol–water partition coefficient (Wildman–Crippen LogP) is 5.36. The van der Waals surface area contributed by atoms with Gasteiger partial charge in [0, 0.05) is 12.6 Å². The number of benzene rings is 3. The van der Waals surface area contributed by atoms with Gasteiger partial charge in [-0.15, -0.1) is 0 Å². The fourth-order valence-corrected chi connectivity index (χ4v) is 6.83. The maximum Gasteiger partial charge on any atom is 0.264 e. The van der Waals surface area contributed by atoms with Crippen molar-refractivity contribution in [3.05, 3.63) is 95.6 Å². The SMILES string of the molecule is CC[C@@H](C(=O)NC1CCCC1)N(Cc1ccccc1C)C(=O)CN(c1ccccc1C)S(=O)(=O)c1ccccc1. The quantitative estimate of drug-likeness (QED) is 0.341. The molecule has 1 aliphatic carbocycles. The van der Waals surface area contributed by atoms with Crippen LogP contribution < -0.4 is 9.62 Å². The molecule has 1 fully saturated rings. The van der Waals surface area contributed by atoms with Crippen LogP contribution in [0.4, 0.5) is 5.69 Å². The van der Waals surface area contributed by atoms with E-state index < -0.39 is 28.5 Å². The molecule has 0 unspecified atom stereocenters. The third-order valence-electron chi connectivity index (χ3n) is 7.68. The third-order valence-corrected chi connectivity index (χ3v) is 9.46. The van der Waals surface area contributed by atoms with Crippen LogP contribution in [0.15, 0.2) is 83.8 Å². The molecule has 1 saturated carbocycles. The minimum Gasteiger partial charge on any atom is -0.352 e. The first kappa shape index (κ1) is 29.3. The highest BCUT2D eigenvalue weighted by molar-refractivity contribution is 7.92. The maximum atomic E-state index is 14.2. The van der Waals surface area contributed by atoms with Gasteiger partial charge in [-0.2, -0.15) is 0 Å². The maximum absolute atomic E-state index is 14.2. The minimum atomic E-state index is -4.07. The molecule has 7 nitrogen and oxygen atoms in total. The Bertz CT molecular complexity index is 1420. The van der Waals surface area contributed by atoms with Crippen LogP contribution in [0.25, 0.3) is 0 Å². The van der Waals surface area contributed by atoms with E-state index in [1.54, 1.807) is 35.2 Å². The summed E-state index contributed by atoms with van der Waals surface area (Å²) in [5.74, 6) is -0.621. The number of para-hydroxylation sites is 1. The van der Waals surface area contributed by atoms with Gasteiger partial charge in [-0.3, -0.25) is 13.9 Å². The number of anilines is 1. The monoisotopic (exact) mass is 561 g/mol. The Morgan fingerprint density at radius 1 is 0.875 bits per heavy atom. The largest absolute Gasteiger partial charge is 0.352 e. The molecule has 0 radical (unpaired) electrons. The van der Waals surface area contributed by atoms with E-state index in [1.165, 1.54) is 16.4 Å². The lowest BCUT2D eigenvalue weighted by Gasteiger charge is -2.34. The molecule has 1 aliphatic rings. The first-order valence-corrected chi connectivity index (χ1v) is 15.4. The lowest BCUT2D eigenvalue weighted by atomic mass is 10.1. The van der Waals surface area contributed by atoms with Gasteiger partial charge < -0.3 is 10.2 Å². The molecule has 1 atom stereocenters. The molecular weight excluding hydrogens is 522 g/mol. The number of nitrogens with zero attached hydrogens (tertiary/aromatic N) is 2. The van der Waals surface area contributed by atoms with Crippen LogP contribution >= 0.6 is 0 Å². The summed E-state index contributed by atoms with van der Waals surface area (Å²) in [5.41, 5.74) is 3.07. The van der Waals surface area contributed by atoms with Gasteiger partial charge in [0.2, 0.25) is 11.8 Å². The first-order valence-electron chi connectivity index (χ1n) is 14.0. The van der Waals surface area contributed by atoms with E-state index in [2.05, 4.69) is 5.32 Å². The zero-order chi connectivity index (χ0) is 28.7. The molecule has 212 valence electrons. The second-order valence-corrected chi connectivity index (χ2v) is 12.3. The molecular formula is C32H39N3O4S. The Labute approximate surface area is 238 Å². The highest BCUT2D eigenvalue weighted by Gasteiger charge is 2.35. The van der Waals surface area contributed by atoms with E-state index in [4.69, 9.17) is 0 Å². The lowest BCUT2D eigenvalue weighted by Crippen LogP contribution is -2.53. The van der Waals surface area contributed by atoms with Crippen LogP contribution in [-0.2, 0) is 26.2 Å². The summed E-state index contributed by atoms with van der Waals surface area (Å²) >= 11 is 0.